The van der Waals surface area contributed by atoms with Gasteiger partial charge in [0.25, 0.3) is 5.91 Å². The lowest BCUT2D eigenvalue weighted by Crippen LogP contribution is -2.38. The van der Waals surface area contributed by atoms with E-state index in [9.17, 15) is 14.7 Å². The first-order chi connectivity index (χ1) is 21.1. The number of aromatic nitrogens is 2. The quantitative estimate of drug-likeness (QED) is 0.200. The average Bonchev–Trinajstić information content (AvgIpc) is 3.47. The third kappa shape index (κ3) is 7.74. The Morgan fingerprint density at radius 1 is 1.11 bits per heavy atom. The van der Waals surface area contributed by atoms with Crippen molar-refractivity contribution in [1.29, 1.82) is 0 Å². The first-order valence-electron chi connectivity index (χ1n) is 14.3. The van der Waals surface area contributed by atoms with E-state index in [-0.39, 0.29) is 25.7 Å². The normalized spacial score (nSPS) is 12.9. The van der Waals surface area contributed by atoms with Gasteiger partial charge in [0, 0.05) is 57.2 Å². The van der Waals surface area contributed by atoms with Crippen LogP contribution in [0.3, 0.4) is 0 Å². The summed E-state index contributed by atoms with van der Waals surface area (Å²) in [6.45, 7) is 6.67. The molecule has 0 atom stereocenters. The molecule has 0 unspecified atom stereocenters. The van der Waals surface area contributed by atoms with Gasteiger partial charge in [-0.15, -0.1) is 11.8 Å². The molecule has 4 aromatic rings. The van der Waals surface area contributed by atoms with Crippen LogP contribution in [0.25, 0.3) is 11.1 Å². The fourth-order valence-electron chi connectivity index (χ4n) is 4.75. The van der Waals surface area contributed by atoms with Crippen LogP contribution in [0.15, 0.2) is 78.0 Å². The van der Waals surface area contributed by atoms with Crippen molar-refractivity contribution in [1.82, 2.24) is 15.1 Å². The molecule has 2 N–H and O–H groups in total. The van der Waals surface area contributed by atoms with Crippen molar-refractivity contribution in [3.8, 4) is 16.9 Å². The number of benzene rings is 3. The lowest BCUT2D eigenvalue weighted by Gasteiger charge is -2.29. The highest BCUT2D eigenvalue weighted by Gasteiger charge is 2.27. The Labute approximate surface area is 266 Å². The predicted molar refractivity (Wildman–Crippen MR) is 173 cm³/mol. The minimum absolute atomic E-state index is 0.110. The molecule has 0 fully saturated rings. The van der Waals surface area contributed by atoms with E-state index in [1.807, 2.05) is 72.5 Å². The number of halogens is 1. The number of hydrogen-bond donors (Lipinski definition) is 2. The largest absolute Gasteiger partial charge is 0.490 e. The van der Waals surface area contributed by atoms with Crippen LogP contribution in [0.1, 0.15) is 35.3 Å². The molecule has 9 nitrogen and oxygen atoms in total. The maximum atomic E-state index is 13.1. The van der Waals surface area contributed by atoms with Gasteiger partial charge in [-0.25, -0.2) is 4.79 Å². The number of hydrogen-bond acceptors (Lipinski definition) is 7. The van der Waals surface area contributed by atoms with Crippen molar-refractivity contribution >= 4 is 41.1 Å². The molecule has 1 aliphatic heterocycles. The second-order valence-corrected chi connectivity index (χ2v) is 12.6. The SMILES string of the molecule is Cc1c(Cl)cccc1OCCOC(=O)N1CCSc2c(-c3cnn(Cc4cccc(C(=O)NCC(C)(C)O)c4)c3)cccc21. The van der Waals surface area contributed by atoms with Gasteiger partial charge < -0.3 is 19.9 Å². The zero-order chi connectivity index (χ0) is 31.3. The van der Waals surface area contributed by atoms with E-state index in [1.165, 1.54) is 0 Å². The van der Waals surface area contributed by atoms with Crippen LogP contribution in [0, 0.1) is 6.92 Å². The molecule has 1 aromatic heterocycles. The first-order valence-corrected chi connectivity index (χ1v) is 15.7. The number of fused-ring (bicyclic) bond motifs is 1. The molecule has 0 radical (unpaired) electrons. The molecule has 2 heterocycles. The highest BCUT2D eigenvalue weighted by molar-refractivity contribution is 7.99. The number of carbonyl (C=O) groups excluding carboxylic acids is 2. The van der Waals surface area contributed by atoms with Gasteiger partial charge in [0.2, 0.25) is 0 Å². The highest BCUT2D eigenvalue weighted by atomic mass is 35.5. The number of thioether (sulfide) groups is 1. The lowest BCUT2D eigenvalue weighted by molar-refractivity contribution is 0.0694. The van der Waals surface area contributed by atoms with Crippen LogP contribution in [0.4, 0.5) is 10.5 Å². The average molecular weight is 635 g/mol. The summed E-state index contributed by atoms with van der Waals surface area (Å²) < 4.78 is 13.2. The molecule has 1 aliphatic rings. The Kier molecular flexibility index (Phi) is 9.83. The monoisotopic (exact) mass is 634 g/mol. The molecule has 2 amide bonds. The Hall–Kier alpha value is -3.99. The number of amides is 2. The lowest BCUT2D eigenvalue weighted by atomic mass is 10.1. The number of ether oxygens (including phenoxy) is 2. The second kappa shape index (κ2) is 13.8. The minimum Gasteiger partial charge on any atom is -0.490 e. The van der Waals surface area contributed by atoms with Crippen LogP contribution in [0.5, 0.6) is 5.75 Å². The van der Waals surface area contributed by atoms with Gasteiger partial charge in [0.15, 0.2) is 0 Å². The number of carbonyl (C=O) groups is 2. The standard InChI is InChI=1S/C33H35ClN4O5S/c1-22-27(34)10-6-12-29(22)42-14-15-43-32(40)38-13-16-44-30-26(9-5-11-28(30)38)25-18-36-37(20-25)19-23-7-4-8-24(17-23)31(39)35-21-33(2,3)41/h4-12,17-18,20,41H,13-16,19,21H2,1-3H3,(H,35,39). The van der Waals surface area contributed by atoms with Gasteiger partial charge in [0.1, 0.15) is 19.0 Å². The molecule has 0 aliphatic carbocycles. The second-order valence-electron chi connectivity index (χ2n) is 11.1. The number of nitrogens with one attached hydrogen (secondary N) is 1. The third-order valence-electron chi connectivity index (χ3n) is 7.01. The first kappa shape index (κ1) is 31.4. The predicted octanol–water partition coefficient (Wildman–Crippen LogP) is 6.19. The van der Waals surface area contributed by atoms with Crippen LogP contribution < -0.4 is 15.0 Å². The topological polar surface area (TPSA) is 106 Å². The van der Waals surface area contributed by atoms with Gasteiger partial charge >= 0.3 is 6.09 Å². The minimum atomic E-state index is -0.989. The van der Waals surface area contributed by atoms with E-state index in [0.29, 0.717) is 29.4 Å². The number of nitrogens with zero attached hydrogens (tertiary/aromatic N) is 3. The zero-order valence-corrected chi connectivity index (χ0v) is 26.5. The van der Waals surface area contributed by atoms with Gasteiger partial charge in [0.05, 0.1) is 24.0 Å². The molecular formula is C33H35ClN4O5S. The molecular weight excluding hydrogens is 600 g/mol. The van der Waals surface area contributed by atoms with Gasteiger partial charge in [-0.1, -0.05) is 41.9 Å². The molecule has 0 saturated heterocycles. The zero-order valence-electron chi connectivity index (χ0n) is 24.9. The summed E-state index contributed by atoms with van der Waals surface area (Å²) in [5.74, 6) is 1.15. The molecule has 3 aromatic carbocycles. The molecule has 44 heavy (non-hydrogen) atoms. The maximum absolute atomic E-state index is 13.1. The van der Waals surface area contributed by atoms with Crippen molar-refractivity contribution < 1.29 is 24.2 Å². The smallest absolute Gasteiger partial charge is 0.414 e. The Morgan fingerprint density at radius 2 is 1.91 bits per heavy atom. The van der Waals surface area contributed by atoms with E-state index in [4.69, 9.17) is 21.1 Å². The van der Waals surface area contributed by atoms with Crippen molar-refractivity contribution in [3.05, 3.63) is 94.8 Å². The van der Waals surface area contributed by atoms with E-state index < -0.39 is 11.7 Å². The summed E-state index contributed by atoms with van der Waals surface area (Å²) in [5.41, 5.74) is 4.00. The molecule has 11 heteroatoms. The summed E-state index contributed by atoms with van der Waals surface area (Å²) in [7, 11) is 0. The molecule has 0 spiro atoms. The molecule has 230 valence electrons. The van der Waals surface area contributed by atoms with Crippen LogP contribution >= 0.6 is 23.4 Å². The summed E-state index contributed by atoms with van der Waals surface area (Å²) in [6.07, 6.45) is 3.35. The van der Waals surface area contributed by atoms with Crippen LogP contribution in [0.2, 0.25) is 5.02 Å². The summed E-state index contributed by atoms with van der Waals surface area (Å²) in [5, 5.41) is 17.9. The summed E-state index contributed by atoms with van der Waals surface area (Å²) >= 11 is 7.86. The Balaban J connectivity index is 1.23. The maximum Gasteiger partial charge on any atom is 0.414 e. The highest BCUT2D eigenvalue weighted by Crippen LogP contribution is 2.42. The summed E-state index contributed by atoms with van der Waals surface area (Å²) in [6, 6.07) is 18.7. The Bertz CT molecular complexity index is 1650. The van der Waals surface area contributed by atoms with Crippen molar-refractivity contribution in [2.75, 3.05) is 37.0 Å². The van der Waals surface area contributed by atoms with E-state index in [2.05, 4.69) is 10.4 Å². The van der Waals surface area contributed by atoms with Crippen molar-refractivity contribution in [2.24, 2.45) is 0 Å². The van der Waals surface area contributed by atoms with E-state index in [1.54, 1.807) is 42.6 Å². The van der Waals surface area contributed by atoms with Crippen LogP contribution in [-0.4, -0.2) is 64.5 Å². The van der Waals surface area contributed by atoms with Gasteiger partial charge in [-0.3, -0.25) is 14.4 Å². The number of rotatable bonds is 10. The Morgan fingerprint density at radius 3 is 2.73 bits per heavy atom. The van der Waals surface area contributed by atoms with Gasteiger partial charge in [-0.05, 0) is 56.7 Å². The van der Waals surface area contributed by atoms with E-state index >= 15 is 0 Å². The van der Waals surface area contributed by atoms with Crippen molar-refractivity contribution in [3.63, 3.8) is 0 Å². The molecule has 0 saturated carbocycles. The fraction of sp³-hybridized carbons (Fsp3) is 0.303. The summed E-state index contributed by atoms with van der Waals surface area (Å²) in [4.78, 5) is 28.3. The van der Waals surface area contributed by atoms with E-state index in [0.717, 1.165) is 38.6 Å². The van der Waals surface area contributed by atoms with Gasteiger partial charge in [-0.2, -0.15) is 5.10 Å². The fourth-order valence-corrected chi connectivity index (χ4v) is 6.07. The molecule has 0 bridgehead atoms. The number of aliphatic hydroxyl groups is 1. The number of anilines is 1. The third-order valence-corrected chi connectivity index (χ3v) is 8.52. The van der Waals surface area contributed by atoms with Crippen molar-refractivity contribution in [2.45, 2.75) is 37.8 Å². The van der Waals surface area contributed by atoms with Crippen LogP contribution in [-0.2, 0) is 11.3 Å². The molecule has 5 rings (SSSR count).